The van der Waals surface area contributed by atoms with Crippen molar-refractivity contribution in [2.75, 3.05) is 14.2 Å². The van der Waals surface area contributed by atoms with Crippen LogP contribution in [-0.2, 0) is 7.05 Å². The molecule has 0 aliphatic heterocycles. The van der Waals surface area contributed by atoms with Crippen LogP contribution in [0.1, 0.15) is 28.7 Å². The lowest BCUT2D eigenvalue weighted by atomic mass is 10.0. The number of aliphatic hydroxyl groups excluding tert-OH is 1. The first kappa shape index (κ1) is 14.3. The zero-order valence-corrected chi connectivity index (χ0v) is 12.2. The van der Waals surface area contributed by atoms with Crippen molar-refractivity contribution in [3.8, 4) is 11.8 Å². The molecule has 1 unspecified atom stereocenters. The normalized spacial score (nSPS) is 12.3. The highest BCUT2D eigenvalue weighted by Crippen LogP contribution is 2.31. The second kappa shape index (κ2) is 5.46. The Balaban J connectivity index is 2.50. The Kier molecular flexibility index (Phi) is 3.89. The van der Waals surface area contributed by atoms with Crippen molar-refractivity contribution in [2.24, 2.45) is 7.05 Å². The Hall–Kier alpha value is -2.15. The average molecular weight is 278 g/mol. The number of nitrogens with zero attached hydrogens (tertiary/aromatic N) is 4. The highest BCUT2D eigenvalue weighted by atomic mass is 16.5. The molecule has 0 fully saturated rings. The molecule has 2 heterocycles. The molecule has 1 N–H and O–H groups in total. The molecule has 108 valence electrons. The molecule has 0 aliphatic rings. The minimum Gasteiger partial charge on any atom is -0.480 e. The number of hydrogen-bond donors (Lipinski definition) is 1. The molecule has 7 heteroatoms. The zero-order valence-electron chi connectivity index (χ0n) is 12.2. The summed E-state index contributed by atoms with van der Waals surface area (Å²) >= 11 is 0. The molecule has 0 aliphatic carbocycles. The van der Waals surface area contributed by atoms with E-state index in [1.54, 1.807) is 4.68 Å². The monoisotopic (exact) mass is 278 g/mol. The van der Waals surface area contributed by atoms with Gasteiger partial charge in [-0.25, -0.2) is 4.98 Å². The van der Waals surface area contributed by atoms with Crippen LogP contribution in [0.3, 0.4) is 0 Å². The second-order valence-electron chi connectivity index (χ2n) is 4.42. The number of rotatable bonds is 4. The predicted molar refractivity (Wildman–Crippen MR) is 71.9 cm³/mol. The maximum Gasteiger partial charge on any atom is 0.241 e. The first-order chi connectivity index (χ1) is 9.49. The van der Waals surface area contributed by atoms with Crippen LogP contribution < -0.4 is 9.47 Å². The lowest BCUT2D eigenvalue weighted by Crippen LogP contribution is -2.09. The molecule has 0 aromatic carbocycles. The van der Waals surface area contributed by atoms with Crippen LogP contribution in [0, 0.1) is 13.8 Å². The predicted octanol–water partition coefficient (Wildman–Crippen LogP) is 0.926. The number of hydrogen-bond acceptors (Lipinski definition) is 6. The maximum atomic E-state index is 10.6. The molecule has 0 saturated heterocycles. The van der Waals surface area contributed by atoms with Crippen LogP contribution in [0.25, 0.3) is 0 Å². The molecular weight excluding hydrogens is 260 g/mol. The molecule has 0 radical (unpaired) electrons. The summed E-state index contributed by atoms with van der Waals surface area (Å²) in [7, 11) is 4.80. The van der Waals surface area contributed by atoms with Crippen molar-refractivity contribution in [1.82, 2.24) is 19.7 Å². The number of aryl methyl sites for hydroxylation is 2. The maximum absolute atomic E-state index is 10.6. The van der Waals surface area contributed by atoms with Crippen LogP contribution >= 0.6 is 0 Å². The third-order valence-electron chi connectivity index (χ3n) is 3.24. The van der Waals surface area contributed by atoms with Crippen LogP contribution in [0.4, 0.5) is 0 Å². The quantitative estimate of drug-likeness (QED) is 0.895. The largest absolute Gasteiger partial charge is 0.480 e. The minimum absolute atomic E-state index is 0.236. The third kappa shape index (κ3) is 2.32. The molecule has 2 aromatic heterocycles. The molecule has 2 rings (SSSR count). The summed E-state index contributed by atoms with van der Waals surface area (Å²) in [5.41, 5.74) is 2.67. The van der Waals surface area contributed by atoms with Crippen molar-refractivity contribution < 1.29 is 14.6 Å². The molecule has 7 nitrogen and oxygen atoms in total. The van der Waals surface area contributed by atoms with Gasteiger partial charge >= 0.3 is 0 Å². The molecule has 1 atom stereocenters. The Labute approximate surface area is 117 Å². The van der Waals surface area contributed by atoms with Gasteiger partial charge in [0.25, 0.3) is 0 Å². The van der Waals surface area contributed by atoms with Crippen LogP contribution in [0.5, 0.6) is 11.8 Å². The van der Waals surface area contributed by atoms with Gasteiger partial charge in [0.15, 0.2) is 0 Å². The SMILES string of the molecule is COc1cnc(C(O)c2c(C)nn(C)c2C)c(OC)n1. The Morgan fingerprint density at radius 3 is 2.45 bits per heavy atom. The van der Waals surface area contributed by atoms with Crippen molar-refractivity contribution in [1.29, 1.82) is 0 Å². The standard InChI is InChI=1S/C13H18N4O3/c1-7-10(8(2)17(3)16-7)12(18)11-13(20-5)15-9(19-4)6-14-11/h6,12,18H,1-5H3. The number of aromatic nitrogens is 4. The summed E-state index contributed by atoms with van der Waals surface area (Å²) in [6.45, 7) is 3.73. The molecule has 0 amide bonds. The van der Waals surface area contributed by atoms with Crippen LogP contribution in [0.2, 0.25) is 0 Å². The third-order valence-corrected chi connectivity index (χ3v) is 3.24. The van der Waals surface area contributed by atoms with Crippen molar-refractivity contribution in [3.05, 3.63) is 28.8 Å². The summed E-state index contributed by atoms with van der Waals surface area (Å²) in [5.74, 6) is 0.567. The lowest BCUT2D eigenvalue weighted by Gasteiger charge is -2.14. The fourth-order valence-electron chi connectivity index (χ4n) is 2.12. The molecule has 0 bridgehead atoms. The van der Waals surface area contributed by atoms with E-state index in [0.717, 1.165) is 11.4 Å². The van der Waals surface area contributed by atoms with Gasteiger partial charge in [0, 0.05) is 18.3 Å². The van der Waals surface area contributed by atoms with Gasteiger partial charge in [0.1, 0.15) is 11.8 Å². The van der Waals surface area contributed by atoms with Crippen LogP contribution in [0.15, 0.2) is 6.20 Å². The fourth-order valence-corrected chi connectivity index (χ4v) is 2.12. The van der Waals surface area contributed by atoms with Gasteiger partial charge in [0.05, 0.1) is 26.1 Å². The van der Waals surface area contributed by atoms with E-state index in [1.807, 2.05) is 20.9 Å². The highest BCUT2D eigenvalue weighted by Gasteiger charge is 2.25. The minimum atomic E-state index is -0.947. The fraction of sp³-hybridized carbons (Fsp3) is 0.462. The number of methoxy groups -OCH3 is 2. The van der Waals surface area contributed by atoms with Gasteiger partial charge in [-0.2, -0.15) is 10.1 Å². The Bertz CT molecular complexity index is 624. The zero-order chi connectivity index (χ0) is 14.9. The Morgan fingerprint density at radius 1 is 1.25 bits per heavy atom. The molecular formula is C13H18N4O3. The van der Waals surface area contributed by atoms with E-state index in [4.69, 9.17) is 9.47 Å². The van der Waals surface area contributed by atoms with Gasteiger partial charge in [-0.15, -0.1) is 0 Å². The van der Waals surface area contributed by atoms with Gasteiger partial charge in [-0.3, -0.25) is 4.68 Å². The van der Waals surface area contributed by atoms with Gasteiger partial charge in [-0.1, -0.05) is 0 Å². The number of aliphatic hydroxyl groups is 1. The smallest absolute Gasteiger partial charge is 0.241 e. The summed E-state index contributed by atoms with van der Waals surface area (Å²) in [4.78, 5) is 8.32. The topological polar surface area (TPSA) is 82.3 Å². The van der Waals surface area contributed by atoms with Crippen molar-refractivity contribution >= 4 is 0 Å². The van der Waals surface area contributed by atoms with Crippen molar-refractivity contribution in [3.63, 3.8) is 0 Å². The summed E-state index contributed by atoms with van der Waals surface area (Å²) in [6, 6.07) is 0. The van der Waals surface area contributed by atoms with E-state index >= 15 is 0 Å². The van der Waals surface area contributed by atoms with Gasteiger partial charge in [-0.05, 0) is 13.8 Å². The van der Waals surface area contributed by atoms with E-state index in [1.165, 1.54) is 20.4 Å². The second-order valence-corrected chi connectivity index (χ2v) is 4.42. The van der Waals surface area contributed by atoms with Gasteiger partial charge < -0.3 is 14.6 Å². The summed E-state index contributed by atoms with van der Waals surface area (Å²) < 4.78 is 11.9. The molecule has 0 spiro atoms. The van der Waals surface area contributed by atoms with Crippen molar-refractivity contribution in [2.45, 2.75) is 20.0 Å². The van der Waals surface area contributed by atoms with E-state index in [0.29, 0.717) is 17.1 Å². The average Bonchev–Trinajstić information content (AvgIpc) is 2.70. The first-order valence-corrected chi connectivity index (χ1v) is 6.12. The van der Waals surface area contributed by atoms with E-state index in [-0.39, 0.29) is 5.88 Å². The highest BCUT2D eigenvalue weighted by molar-refractivity contribution is 5.37. The van der Waals surface area contributed by atoms with E-state index in [9.17, 15) is 5.11 Å². The molecule has 0 saturated carbocycles. The lowest BCUT2D eigenvalue weighted by molar-refractivity contribution is 0.205. The Morgan fingerprint density at radius 2 is 1.95 bits per heavy atom. The number of ether oxygens (including phenoxy) is 2. The molecule has 20 heavy (non-hydrogen) atoms. The van der Waals surface area contributed by atoms with E-state index < -0.39 is 6.10 Å². The first-order valence-electron chi connectivity index (χ1n) is 6.12. The summed E-state index contributed by atoms with van der Waals surface area (Å²) in [5, 5.41) is 14.9. The van der Waals surface area contributed by atoms with E-state index in [2.05, 4.69) is 15.1 Å². The van der Waals surface area contributed by atoms with Crippen LogP contribution in [-0.4, -0.2) is 39.1 Å². The summed E-state index contributed by atoms with van der Waals surface area (Å²) in [6.07, 6.45) is 0.499. The molecule has 2 aromatic rings. The van der Waals surface area contributed by atoms with Gasteiger partial charge in [0.2, 0.25) is 11.8 Å².